The van der Waals surface area contributed by atoms with E-state index in [1.807, 2.05) is 19.9 Å². The third-order valence-electron chi connectivity index (χ3n) is 2.60. The molecule has 0 heterocycles. The molecular weight excluding hydrogens is 233 g/mol. The number of nitrogens with one attached hydrogen (secondary N) is 1. The van der Waals surface area contributed by atoms with Crippen molar-refractivity contribution in [3.63, 3.8) is 0 Å². The Labute approximate surface area is 108 Å². The minimum Gasteiger partial charge on any atom is -0.382 e. The standard InChI is InChI=1S/C14H22FNO2/c1-4-16-9-14(18-11(2)10-17-3)12-6-5-7-13(15)8-12/h5-8,11,14,16H,4,9-10H2,1-3H3. The maximum Gasteiger partial charge on any atom is 0.123 e. The first-order valence-corrected chi connectivity index (χ1v) is 6.28. The van der Waals surface area contributed by atoms with Gasteiger partial charge in [-0.2, -0.15) is 0 Å². The highest BCUT2D eigenvalue weighted by molar-refractivity contribution is 5.19. The highest BCUT2D eigenvalue weighted by Gasteiger charge is 2.15. The molecule has 0 aliphatic carbocycles. The zero-order valence-corrected chi connectivity index (χ0v) is 11.3. The van der Waals surface area contributed by atoms with Gasteiger partial charge in [-0.3, -0.25) is 0 Å². The first-order chi connectivity index (χ1) is 8.67. The lowest BCUT2D eigenvalue weighted by Gasteiger charge is -2.23. The molecule has 0 bridgehead atoms. The van der Waals surface area contributed by atoms with E-state index in [9.17, 15) is 4.39 Å². The Morgan fingerprint density at radius 3 is 2.78 bits per heavy atom. The molecule has 2 atom stereocenters. The monoisotopic (exact) mass is 255 g/mol. The van der Waals surface area contributed by atoms with Crippen LogP contribution in [0.15, 0.2) is 24.3 Å². The number of halogens is 1. The highest BCUT2D eigenvalue weighted by Crippen LogP contribution is 2.19. The molecule has 0 amide bonds. The number of ether oxygens (including phenoxy) is 2. The third kappa shape index (κ3) is 5.12. The van der Waals surface area contributed by atoms with Crippen LogP contribution >= 0.6 is 0 Å². The second kappa shape index (κ2) is 8.19. The average Bonchev–Trinajstić information content (AvgIpc) is 2.34. The molecule has 0 aromatic heterocycles. The number of likely N-dealkylation sites (N-methyl/N-ethyl adjacent to an activating group) is 1. The molecule has 0 spiro atoms. The summed E-state index contributed by atoms with van der Waals surface area (Å²) in [5, 5.41) is 3.23. The minimum atomic E-state index is -0.239. The molecule has 4 heteroatoms. The molecule has 0 saturated heterocycles. The van der Waals surface area contributed by atoms with Gasteiger partial charge < -0.3 is 14.8 Å². The maximum atomic E-state index is 13.2. The fourth-order valence-electron chi connectivity index (χ4n) is 1.78. The summed E-state index contributed by atoms with van der Waals surface area (Å²) in [6.07, 6.45) is -0.187. The van der Waals surface area contributed by atoms with Crippen LogP contribution in [-0.2, 0) is 9.47 Å². The van der Waals surface area contributed by atoms with Crippen molar-refractivity contribution in [3.8, 4) is 0 Å². The Kier molecular flexibility index (Phi) is 6.86. The Hall–Kier alpha value is -0.970. The van der Waals surface area contributed by atoms with Gasteiger partial charge in [-0.15, -0.1) is 0 Å². The summed E-state index contributed by atoms with van der Waals surface area (Å²) in [5.74, 6) is -0.239. The molecule has 0 fully saturated rings. The largest absolute Gasteiger partial charge is 0.382 e. The topological polar surface area (TPSA) is 30.5 Å². The summed E-state index contributed by atoms with van der Waals surface area (Å²) in [7, 11) is 1.64. The van der Waals surface area contributed by atoms with Gasteiger partial charge in [0.25, 0.3) is 0 Å². The van der Waals surface area contributed by atoms with Gasteiger partial charge in [0.2, 0.25) is 0 Å². The van der Waals surface area contributed by atoms with Crippen LogP contribution in [0.1, 0.15) is 25.5 Å². The van der Waals surface area contributed by atoms with Crippen LogP contribution in [0.4, 0.5) is 4.39 Å². The van der Waals surface area contributed by atoms with Crippen LogP contribution in [-0.4, -0.2) is 32.9 Å². The zero-order valence-electron chi connectivity index (χ0n) is 11.3. The summed E-state index contributed by atoms with van der Waals surface area (Å²) >= 11 is 0. The second-order valence-electron chi connectivity index (χ2n) is 4.25. The maximum absolute atomic E-state index is 13.2. The third-order valence-corrected chi connectivity index (χ3v) is 2.60. The van der Waals surface area contributed by atoms with Crippen LogP contribution in [0.3, 0.4) is 0 Å². The molecule has 1 rings (SSSR count). The van der Waals surface area contributed by atoms with Crippen molar-refractivity contribution in [1.82, 2.24) is 5.32 Å². The van der Waals surface area contributed by atoms with Crippen molar-refractivity contribution >= 4 is 0 Å². The molecule has 1 N–H and O–H groups in total. The van der Waals surface area contributed by atoms with E-state index in [0.29, 0.717) is 13.2 Å². The molecule has 1 aromatic carbocycles. The SMILES string of the molecule is CCNCC(OC(C)COC)c1cccc(F)c1. The van der Waals surface area contributed by atoms with E-state index >= 15 is 0 Å². The molecule has 102 valence electrons. The summed E-state index contributed by atoms with van der Waals surface area (Å²) in [6.45, 7) is 6.02. The van der Waals surface area contributed by atoms with Crippen LogP contribution in [0, 0.1) is 5.82 Å². The van der Waals surface area contributed by atoms with Gasteiger partial charge >= 0.3 is 0 Å². The predicted molar refractivity (Wildman–Crippen MR) is 70.1 cm³/mol. The Bertz CT molecular complexity index is 346. The Morgan fingerprint density at radius 2 is 2.17 bits per heavy atom. The van der Waals surface area contributed by atoms with Crippen molar-refractivity contribution in [3.05, 3.63) is 35.6 Å². The van der Waals surface area contributed by atoms with E-state index in [4.69, 9.17) is 9.47 Å². The molecule has 2 unspecified atom stereocenters. The Balaban J connectivity index is 2.70. The van der Waals surface area contributed by atoms with Crippen LogP contribution in [0.25, 0.3) is 0 Å². The number of hydrogen-bond donors (Lipinski definition) is 1. The Morgan fingerprint density at radius 1 is 1.39 bits per heavy atom. The van der Waals surface area contributed by atoms with E-state index in [0.717, 1.165) is 12.1 Å². The molecule has 0 saturated carbocycles. The highest BCUT2D eigenvalue weighted by atomic mass is 19.1. The smallest absolute Gasteiger partial charge is 0.123 e. The molecule has 0 aliphatic heterocycles. The van der Waals surface area contributed by atoms with Crippen LogP contribution < -0.4 is 5.32 Å². The van der Waals surface area contributed by atoms with Gasteiger partial charge in [0.1, 0.15) is 5.82 Å². The fraction of sp³-hybridized carbons (Fsp3) is 0.571. The fourth-order valence-corrected chi connectivity index (χ4v) is 1.78. The number of methoxy groups -OCH3 is 1. The van der Waals surface area contributed by atoms with Crippen molar-refractivity contribution < 1.29 is 13.9 Å². The van der Waals surface area contributed by atoms with Crippen LogP contribution in [0.5, 0.6) is 0 Å². The van der Waals surface area contributed by atoms with E-state index in [2.05, 4.69) is 5.32 Å². The number of benzene rings is 1. The van der Waals surface area contributed by atoms with Gasteiger partial charge in [0, 0.05) is 13.7 Å². The summed E-state index contributed by atoms with van der Waals surface area (Å²) in [4.78, 5) is 0. The lowest BCUT2D eigenvalue weighted by molar-refractivity contribution is -0.0392. The average molecular weight is 255 g/mol. The first kappa shape index (κ1) is 15.1. The van der Waals surface area contributed by atoms with Crippen LogP contribution in [0.2, 0.25) is 0 Å². The lowest BCUT2D eigenvalue weighted by atomic mass is 10.1. The minimum absolute atomic E-state index is 0.0260. The summed E-state index contributed by atoms with van der Waals surface area (Å²) < 4.78 is 24.2. The molecule has 3 nitrogen and oxygen atoms in total. The molecule has 0 radical (unpaired) electrons. The number of rotatable bonds is 8. The molecule has 1 aromatic rings. The summed E-state index contributed by atoms with van der Waals surface area (Å²) in [5.41, 5.74) is 0.846. The van der Waals surface area contributed by atoms with E-state index in [1.165, 1.54) is 12.1 Å². The van der Waals surface area contributed by atoms with E-state index < -0.39 is 0 Å². The normalized spacial score (nSPS) is 14.4. The van der Waals surface area contributed by atoms with Crippen molar-refractivity contribution in [2.24, 2.45) is 0 Å². The molecule has 0 aliphatic rings. The lowest BCUT2D eigenvalue weighted by Crippen LogP contribution is -2.27. The molecular formula is C14H22FNO2. The molecule has 18 heavy (non-hydrogen) atoms. The zero-order chi connectivity index (χ0) is 13.4. The van der Waals surface area contributed by atoms with Gasteiger partial charge in [-0.25, -0.2) is 4.39 Å². The van der Waals surface area contributed by atoms with Crippen molar-refractivity contribution in [1.29, 1.82) is 0 Å². The van der Waals surface area contributed by atoms with Crippen molar-refractivity contribution in [2.75, 3.05) is 26.8 Å². The van der Waals surface area contributed by atoms with Gasteiger partial charge in [0.05, 0.1) is 18.8 Å². The first-order valence-electron chi connectivity index (χ1n) is 6.28. The van der Waals surface area contributed by atoms with Crippen molar-refractivity contribution in [2.45, 2.75) is 26.1 Å². The number of hydrogen-bond acceptors (Lipinski definition) is 3. The predicted octanol–water partition coefficient (Wildman–Crippen LogP) is 2.53. The van der Waals surface area contributed by atoms with Gasteiger partial charge in [0.15, 0.2) is 0 Å². The van der Waals surface area contributed by atoms with Gasteiger partial charge in [-0.05, 0) is 31.2 Å². The quantitative estimate of drug-likeness (QED) is 0.774. The van der Waals surface area contributed by atoms with E-state index in [-0.39, 0.29) is 18.0 Å². The van der Waals surface area contributed by atoms with Gasteiger partial charge in [-0.1, -0.05) is 19.1 Å². The second-order valence-corrected chi connectivity index (χ2v) is 4.25. The van der Waals surface area contributed by atoms with E-state index in [1.54, 1.807) is 13.2 Å². The summed E-state index contributed by atoms with van der Waals surface area (Å²) in [6, 6.07) is 6.53.